The lowest BCUT2D eigenvalue weighted by molar-refractivity contribution is 0.415. The van der Waals surface area contributed by atoms with E-state index in [-0.39, 0.29) is 5.54 Å². The summed E-state index contributed by atoms with van der Waals surface area (Å²) in [6, 6.07) is 5.52. The van der Waals surface area contributed by atoms with Gasteiger partial charge in [-0.15, -0.1) is 0 Å². The minimum absolute atomic E-state index is 0.00164. The van der Waals surface area contributed by atoms with Crippen LogP contribution in [0.15, 0.2) is 23.2 Å². The smallest absolute Gasteiger partial charge is 0.161 e. The number of nitrogens with one attached hydrogen (secondary N) is 1. The van der Waals surface area contributed by atoms with Gasteiger partial charge in [0.1, 0.15) is 5.75 Å². The van der Waals surface area contributed by atoms with Crippen molar-refractivity contribution in [2.24, 2.45) is 4.99 Å². The first-order valence-electron chi connectivity index (χ1n) is 5.33. The van der Waals surface area contributed by atoms with Crippen LogP contribution < -0.4 is 10.1 Å². The number of amidine groups is 1. The minimum Gasteiger partial charge on any atom is -0.497 e. The molecule has 1 aliphatic rings. The maximum absolute atomic E-state index is 6.12. The number of hydrogen-bond acceptors (Lipinski definition) is 4. The van der Waals surface area contributed by atoms with Crippen LogP contribution in [0.1, 0.15) is 13.8 Å². The first-order chi connectivity index (χ1) is 8.00. The van der Waals surface area contributed by atoms with Gasteiger partial charge in [-0.3, -0.25) is 4.99 Å². The maximum Gasteiger partial charge on any atom is 0.161 e. The van der Waals surface area contributed by atoms with Crippen LogP contribution in [0.3, 0.4) is 0 Å². The average molecular weight is 271 g/mol. The summed E-state index contributed by atoms with van der Waals surface area (Å²) in [5, 5.41) is 4.81. The van der Waals surface area contributed by atoms with Gasteiger partial charge in [0.25, 0.3) is 0 Å². The Labute approximate surface area is 111 Å². The van der Waals surface area contributed by atoms with Gasteiger partial charge in [-0.1, -0.05) is 23.4 Å². The molecule has 0 atom stereocenters. The number of thioether (sulfide) groups is 1. The second-order valence-corrected chi connectivity index (χ2v) is 5.86. The largest absolute Gasteiger partial charge is 0.497 e. The van der Waals surface area contributed by atoms with Crippen molar-refractivity contribution in [2.75, 3.05) is 18.2 Å². The van der Waals surface area contributed by atoms with Crippen molar-refractivity contribution in [3.8, 4) is 5.75 Å². The van der Waals surface area contributed by atoms with Crippen molar-refractivity contribution < 1.29 is 4.74 Å². The van der Waals surface area contributed by atoms with Gasteiger partial charge in [0.15, 0.2) is 5.17 Å². The van der Waals surface area contributed by atoms with Gasteiger partial charge in [0, 0.05) is 11.8 Å². The Morgan fingerprint density at radius 2 is 2.24 bits per heavy atom. The highest BCUT2D eigenvalue weighted by Gasteiger charge is 2.25. The molecule has 1 aromatic carbocycles. The second kappa shape index (κ2) is 4.78. The number of anilines is 1. The lowest BCUT2D eigenvalue weighted by atomic mass is 10.1. The summed E-state index contributed by atoms with van der Waals surface area (Å²) in [6.07, 6.45) is 0. The Morgan fingerprint density at radius 1 is 1.47 bits per heavy atom. The third kappa shape index (κ3) is 3.07. The molecule has 0 amide bonds. The van der Waals surface area contributed by atoms with Crippen LogP contribution in [0, 0.1) is 0 Å². The van der Waals surface area contributed by atoms with Crippen LogP contribution in [0.25, 0.3) is 0 Å². The quantitative estimate of drug-likeness (QED) is 0.891. The zero-order valence-electron chi connectivity index (χ0n) is 10.1. The molecule has 0 bridgehead atoms. The predicted molar refractivity (Wildman–Crippen MR) is 75.6 cm³/mol. The van der Waals surface area contributed by atoms with Crippen molar-refractivity contribution in [1.82, 2.24) is 0 Å². The SMILES string of the molecule is COc1ccc(Cl)c(NC2=NC(C)(C)CS2)c1. The summed E-state index contributed by atoms with van der Waals surface area (Å²) in [6.45, 7) is 4.23. The van der Waals surface area contributed by atoms with E-state index in [0.717, 1.165) is 22.4 Å². The normalized spacial score (nSPS) is 17.8. The lowest BCUT2D eigenvalue weighted by Crippen LogP contribution is -2.15. The number of rotatable bonds is 2. The molecule has 17 heavy (non-hydrogen) atoms. The summed E-state index contributed by atoms with van der Waals surface area (Å²) in [5.41, 5.74) is 0.827. The molecule has 0 unspecified atom stereocenters. The van der Waals surface area contributed by atoms with E-state index < -0.39 is 0 Å². The van der Waals surface area contributed by atoms with Crippen molar-refractivity contribution in [3.63, 3.8) is 0 Å². The molecular formula is C12H15ClN2OS. The van der Waals surface area contributed by atoms with E-state index in [2.05, 4.69) is 24.2 Å². The van der Waals surface area contributed by atoms with Gasteiger partial charge in [-0.05, 0) is 26.0 Å². The molecule has 0 fully saturated rings. The molecule has 0 radical (unpaired) electrons. The van der Waals surface area contributed by atoms with Crippen LogP contribution in [0.2, 0.25) is 5.02 Å². The number of hydrogen-bond donors (Lipinski definition) is 1. The van der Waals surface area contributed by atoms with Crippen molar-refractivity contribution in [3.05, 3.63) is 23.2 Å². The van der Waals surface area contributed by atoms with E-state index in [1.165, 1.54) is 0 Å². The molecule has 0 aromatic heterocycles. The molecule has 0 saturated heterocycles. The molecule has 1 aliphatic heterocycles. The van der Waals surface area contributed by atoms with Crippen molar-refractivity contribution in [1.29, 1.82) is 0 Å². The van der Waals surface area contributed by atoms with E-state index in [4.69, 9.17) is 16.3 Å². The highest BCUT2D eigenvalue weighted by Crippen LogP contribution is 2.31. The van der Waals surface area contributed by atoms with E-state index >= 15 is 0 Å². The summed E-state index contributed by atoms with van der Waals surface area (Å²) in [4.78, 5) is 4.58. The van der Waals surface area contributed by atoms with Crippen molar-refractivity contribution >= 4 is 34.2 Å². The Bertz CT molecular complexity index is 460. The fraction of sp³-hybridized carbons (Fsp3) is 0.417. The van der Waals surface area contributed by atoms with Crippen LogP contribution in [-0.4, -0.2) is 23.6 Å². The fourth-order valence-corrected chi connectivity index (χ4v) is 2.70. The average Bonchev–Trinajstić information content (AvgIpc) is 2.61. The molecule has 5 heteroatoms. The Kier molecular flexibility index (Phi) is 3.54. The molecule has 3 nitrogen and oxygen atoms in total. The van der Waals surface area contributed by atoms with Gasteiger partial charge in [0.2, 0.25) is 0 Å². The fourth-order valence-electron chi connectivity index (χ4n) is 1.49. The number of halogens is 1. The third-order valence-electron chi connectivity index (χ3n) is 2.38. The monoisotopic (exact) mass is 270 g/mol. The number of ether oxygens (including phenoxy) is 1. The van der Waals surface area contributed by atoms with Crippen LogP contribution in [0.4, 0.5) is 5.69 Å². The molecule has 0 spiro atoms. The predicted octanol–water partition coefficient (Wildman–Crippen LogP) is 3.64. The maximum atomic E-state index is 6.12. The van der Waals surface area contributed by atoms with Gasteiger partial charge >= 0.3 is 0 Å². The Morgan fingerprint density at radius 3 is 2.82 bits per heavy atom. The molecule has 1 aromatic rings. The standard InChI is InChI=1S/C12H15ClN2OS/c1-12(2)7-17-11(15-12)14-10-6-8(16-3)4-5-9(10)13/h4-6H,7H2,1-3H3,(H,14,15). The molecule has 0 saturated carbocycles. The molecule has 0 aliphatic carbocycles. The number of methoxy groups -OCH3 is 1. The van der Waals surface area contributed by atoms with Gasteiger partial charge in [-0.25, -0.2) is 0 Å². The highest BCUT2D eigenvalue weighted by molar-refractivity contribution is 8.14. The zero-order valence-corrected chi connectivity index (χ0v) is 11.7. The van der Waals surface area contributed by atoms with Gasteiger partial charge < -0.3 is 10.1 Å². The summed E-state index contributed by atoms with van der Waals surface area (Å²) >= 11 is 7.83. The van der Waals surface area contributed by atoms with E-state index in [0.29, 0.717) is 5.02 Å². The zero-order chi connectivity index (χ0) is 12.5. The first kappa shape index (κ1) is 12.6. The van der Waals surface area contributed by atoms with Crippen molar-refractivity contribution in [2.45, 2.75) is 19.4 Å². The summed E-state index contributed by atoms with van der Waals surface area (Å²) in [7, 11) is 1.64. The van der Waals surface area contributed by atoms with E-state index in [9.17, 15) is 0 Å². The van der Waals surface area contributed by atoms with E-state index in [1.54, 1.807) is 18.9 Å². The minimum atomic E-state index is -0.00164. The molecular weight excluding hydrogens is 256 g/mol. The van der Waals surface area contributed by atoms with Crippen LogP contribution in [-0.2, 0) is 0 Å². The lowest BCUT2D eigenvalue weighted by Gasteiger charge is -2.10. The van der Waals surface area contributed by atoms with Gasteiger partial charge in [-0.2, -0.15) is 0 Å². The second-order valence-electron chi connectivity index (χ2n) is 4.49. The Hall–Kier alpha value is -0.870. The number of benzene rings is 1. The molecule has 2 rings (SSSR count). The Balaban J connectivity index is 2.19. The van der Waals surface area contributed by atoms with Gasteiger partial charge in [0.05, 0.1) is 23.4 Å². The number of aliphatic imine (C=N–C) groups is 1. The molecule has 92 valence electrons. The molecule has 1 heterocycles. The first-order valence-corrected chi connectivity index (χ1v) is 6.70. The summed E-state index contributed by atoms with van der Waals surface area (Å²) in [5.74, 6) is 1.76. The van der Waals surface area contributed by atoms with Crippen LogP contribution >= 0.6 is 23.4 Å². The highest BCUT2D eigenvalue weighted by atomic mass is 35.5. The van der Waals surface area contributed by atoms with E-state index in [1.807, 2.05) is 18.2 Å². The topological polar surface area (TPSA) is 33.6 Å². The third-order valence-corrected chi connectivity index (χ3v) is 4.03. The number of nitrogens with zero attached hydrogens (tertiary/aromatic N) is 1. The molecule has 1 N–H and O–H groups in total. The van der Waals surface area contributed by atoms with Crippen LogP contribution in [0.5, 0.6) is 5.75 Å². The summed E-state index contributed by atoms with van der Waals surface area (Å²) < 4.78 is 5.17.